The lowest BCUT2D eigenvalue weighted by molar-refractivity contribution is 0.297. The Labute approximate surface area is 103 Å². The summed E-state index contributed by atoms with van der Waals surface area (Å²) in [6.45, 7) is 2.95. The van der Waals surface area contributed by atoms with Crippen LogP contribution in [0.3, 0.4) is 0 Å². The average Bonchev–Trinajstić information content (AvgIpc) is 2.89. The summed E-state index contributed by atoms with van der Waals surface area (Å²) in [5, 5.41) is 9.20. The van der Waals surface area contributed by atoms with Gasteiger partial charge in [0.2, 0.25) is 0 Å². The number of aromatic nitrogens is 2. The van der Waals surface area contributed by atoms with E-state index in [1.807, 2.05) is 6.07 Å². The number of hydrogen-bond donors (Lipinski definition) is 1. The third-order valence-electron chi connectivity index (χ3n) is 3.47. The van der Waals surface area contributed by atoms with E-state index in [4.69, 9.17) is 0 Å². The van der Waals surface area contributed by atoms with E-state index >= 15 is 0 Å². The molecular formula is C13H21N3O. The SMILES string of the molecule is CCc1cc(N(CCO)C2CCCC2)ncn1. The van der Waals surface area contributed by atoms with Gasteiger partial charge in [0.15, 0.2) is 0 Å². The quantitative estimate of drug-likeness (QED) is 0.845. The Morgan fingerprint density at radius 3 is 2.76 bits per heavy atom. The largest absolute Gasteiger partial charge is 0.395 e. The molecular weight excluding hydrogens is 214 g/mol. The van der Waals surface area contributed by atoms with Gasteiger partial charge in [0.1, 0.15) is 12.1 Å². The van der Waals surface area contributed by atoms with E-state index in [0.717, 1.165) is 17.9 Å². The zero-order valence-corrected chi connectivity index (χ0v) is 10.5. The summed E-state index contributed by atoms with van der Waals surface area (Å²) in [6.07, 6.45) is 7.56. The molecule has 94 valence electrons. The Balaban J connectivity index is 2.18. The number of rotatable bonds is 5. The van der Waals surface area contributed by atoms with Gasteiger partial charge in [0.05, 0.1) is 6.61 Å². The highest BCUT2D eigenvalue weighted by Gasteiger charge is 2.23. The Morgan fingerprint density at radius 1 is 1.35 bits per heavy atom. The van der Waals surface area contributed by atoms with Crippen molar-refractivity contribution in [3.8, 4) is 0 Å². The molecule has 0 aromatic carbocycles. The first-order valence-electron chi connectivity index (χ1n) is 6.53. The lowest BCUT2D eigenvalue weighted by Gasteiger charge is -2.29. The van der Waals surface area contributed by atoms with E-state index in [-0.39, 0.29) is 6.61 Å². The maximum Gasteiger partial charge on any atom is 0.132 e. The summed E-state index contributed by atoms with van der Waals surface area (Å²) in [5.74, 6) is 0.970. The van der Waals surface area contributed by atoms with Crippen LogP contribution in [0.4, 0.5) is 5.82 Å². The molecule has 0 saturated heterocycles. The maximum absolute atomic E-state index is 9.20. The van der Waals surface area contributed by atoms with E-state index in [1.54, 1.807) is 6.33 Å². The molecule has 0 amide bonds. The summed E-state index contributed by atoms with van der Waals surface area (Å²) in [5.41, 5.74) is 1.07. The van der Waals surface area contributed by atoms with Gasteiger partial charge >= 0.3 is 0 Å². The first-order chi connectivity index (χ1) is 8.35. The van der Waals surface area contributed by atoms with Crippen LogP contribution in [0.15, 0.2) is 12.4 Å². The summed E-state index contributed by atoms with van der Waals surface area (Å²) >= 11 is 0. The molecule has 1 saturated carbocycles. The van der Waals surface area contributed by atoms with Crippen molar-refractivity contribution < 1.29 is 5.11 Å². The molecule has 1 aromatic rings. The van der Waals surface area contributed by atoms with Gasteiger partial charge in [-0.25, -0.2) is 9.97 Å². The van der Waals surface area contributed by atoms with Gasteiger partial charge in [-0.3, -0.25) is 0 Å². The van der Waals surface area contributed by atoms with Crippen molar-refractivity contribution >= 4 is 5.82 Å². The van der Waals surface area contributed by atoms with Crippen LogP contribution >= 0.6 is 0 Å². The van der Waals surface area contributed by atoms with Crippen LogP contribution in [0.25, 0.3) is 0 Å². The van der Waals surface area contributed by atoms with E-state index in [1.165, 1.54) is 25.7 Å². The lowest BCUT2D eigenvalue weighted by atomic mass is 10.2. The molecule has 1 aliphatic rings. The van der Waals surface area contributed by atoms with E-state index in [0.29, 0.717) is 12.6 Å². The fraction of sp³-hybridized carbons (Fsp3) is 0.692. The second kappa shape index (κ2) is 5.96. The number of aryl methyl sites for hydroxylation is 1. The summed E-state index contributed by atoms with van der Waals surface area (Å²) in [7, 11) is 0. The fourth-order valence-corrected chi connectivity index (χ4v) is 2.54. The molecule has 4 nitrogen and oxygen atoms in total. The highest BCUT2D eigenvalue weighted by molar-refractivity contribution is 5.40. The summed E-state index contributed by atoms with van der Waals surface area (Å²) < 4.78 is 0. The van der Waals surface area contributed by atoms with E-state index < -0.39 is 0 Å². The van der Waals surface area contributed by atoms with Crippen molar-refractivity contribution in [1.29, 1.82) is 0 Å². The zero-order chi connectivity index (χ0) is 12.1. The normalized spacial score (nSPS) is 16.4. The standard InChI is InChI=1S/C13H21N3O/c1-2-11-9-13(15-10-14-11)16(7-8-17)12-5-3-4-6-12/h9-10,12,17H,2-8H2,1H3. The van der Waals surface area contributed by atoms with Gasteiger partial charge in [0, 0.05) is 24.3 Å². The molecule has 1 heterocycles. The minimum Gasteiger partial charge on any atom is -0.395 e. The molecule has 1 N–H and O–H groups in total. The van der Waals surface area contributed by atoms with Gasteiger partial charge < -0.3 is 10.0 Å². The Hall–Kier alpha value is -1.16. The van der Waals surface area contributed by atoms with Crippen LogP contribution in [0, 0.1) is 0 Å². The van der Waals surface area contributed by atoms with Gasteiger partial charge in [-0.05, 0) is 19.3 Å². The molecule has 2 rings (SSSR count). The van der Waals surface area contributed by atoms with Crippen LogP contribution in [0.2, 0.25) is 0 Å². The van der Waals surface area contributed by atoms with E-state index in [9.17, 15) is 5.11 Å². The lowest BCUT2D eigenvalue weighted by Crippen LogP contribution is -2.36. The molecule has 1 aromatic heterocycles. The van der Waals surface area contributed by atoms with Crippen LogP contribution in [-0.2, 0) is 6.42 Å². The minimum absolute atomic E-state index is 0.183. The Morgan fingerprint density at radius 2 is 2.12 bits per heavy atom. The van der Waals surface area contributed by atoms with Crippen molar-refractivity contribution in [2.75, 3.05) is 18.1 Å². The van der Waals surface area contributed by atoms with Crippen LogP contribution in [0.5, 0.6) is 0 Å². The van der Waals surface area contributed by atoms with Crippen molar-refractivity contribution in [3.05, 3.63) is 18.1 Å². The molecule has 0 radical (unpaired) electrons. The second-order valence-electron chi connectivity index (χ2n) is 4.58. The number of aliphatic hydroxyl groups is 1. The first kappa shape index (κ1) is 12.3. The fourth-order valence-electron chi connectivity index (χ4n) is 2.54. The van der Waals surface area contributed by atoms with Gasteiger partial charge in [-0.15, -0.1) is 0 Å². The number of aliphatic hydroxyl groups excluding tert-OH is 1. The molecule has 0 bridgehead atoms. The predicted molar refractivity (Wildman–Crippen MR) is 68.1 cm³/mol. The molecule has 0 unspecified atom stereocenters. The Kier molecular flexibility index (Phi) is 4.31. The third-order valence-corrected chi connectivity index (χ3v) is 3.47. The minimum atomic E-state index is 0.183. The highest BCUT2D eigenvalue weighted by Crippen LogP contribution is 2.26. The average molecular weight is 235 g/mol. The van der Waals surface area contributed by atoms with Gasteiger partial charge in [-0.1, -0.05) is 19.8 Å². The number of nitrogens with zero attached hydrogens (tertiary/aromatic N) is 3. The topological polar surface area (TPSA) is 49.2 Å². The molecule has 0 spiro atoms. The molecule has 1 aliphatic carbocycles. The molecule has 1 fully saturated rings. The van der Waals surface area contributed by atoms with Crippen molar-refractivity contribution in [3.63, 3.8) is 0 Å². The maximum atomic E-state index is 9.20. The van der Waals surface area contributed by atoms with Gasteiger partial charge in [-0.2, -0.15) is 0 Å². The molecule has 4 heteroatoms. The predicted octanol–water partition coefficient (Wildman–Crippen LogP) is 1.78. The molecule has 0 atom stereocenters. The van der Waals surface area contributed by atoms with Crippen molar-refractivity contribution in [2.24, 2.45) is 0 Å². The monoisotopic (exact) mass is 235 g/mol. The van der Waals surface area contributed by atoms with Crippen molar-refractivity contribution in [2.45, 2.75) is 45.1 Å². The zero-order valence-electron chi connectivity index (χ0n) is 10.5. The highest BCUT2D eigenvalue weighted by atomic mass is 16.3. The second-order valence-corrected chi connectivity index (χ2v) is 4.58. The first-order valence-corrected chi connectivity index (χ1v) is 6.53. The van der Waals surface area contributed by atoms with Gasteiger partial charge in [0.25, 0.3) is 0 Å². The summed E-state index contributed by atoms with van der Waals surface area (Å²) in [6, 6.07) is 2.59. The van der Waals surface area contributed by atoms with Crippen molar-refractivity contribution in [1.82, 2.24) is 9.97 Å². The Bertz CT molecular complexity index is 350. The van der Waals surface area contributed by atoms with Crippen LogP contribution in [0.1, 0.15) is 38.3 Å². The van der Waals surface area contributed by atoms with Crippen LogP contribution in [-0.4, -0.2) is 34.3 Å². The van der Waals surface area contributed by atoms with E-state index in [2.05, 4.69) is 21.8 Å². The van der Waals surface area contributed by atoms with Crippen LogP contribution < -0.4 is 4.90 Å². The molecule has 17 heavy (non-hydrogen) atoms. The molecule has 0 aliphatic heterocycles. The number of hydrogen-bond acceptors (Lipinski definition) is 4. The smallest absolute Gasteiger partial charge is 0.132 e. The third kappa shape index (κ3) is 2.94. The summed E-state index contributed by atoms with van der Waals surface area (Å²) in [4.78, 5) is 10.8. The number of anilines is 1.